The van der Waals surface area contributed by atoms with Gasteiger partial charge in [0.25, 0.3) is 0 Å². The summed E-state index contributed by atoms with van der Waals surface area (Å²) in [6.07, 6.45) is 4.04. The van der Waals surface area contributed by atoms with Crippen molar-refractivity contribution in [1.82, 2.24) is 9.80 Å². The summed E-state index contributed by atoms with van der Waals surface area (Å²) in [7, 11) is 4.52. The normalized spacial score (nSPS) is 21.0. The van der Waals surface area contributed by atoms with E-state index in [0.717, 1.165) is 12.0 Å². The molecule has 1 aliphatic heterocycles. The van der Waals surface area contributed by atoms with Gasteiger partial charge in [-0.1, -0.05) is 13.8 Å². The predicted octanol–water partition coefficient (Wildman–Crippen LogP) is 2.06. The summed E-state index contributed by atoms with van der Waals surface area (Å²) in [5.74, 6) is 0.837. The highest BCUT2D eigenvalue weighted by Crippen LogP contribution is 2.15. The van der Waals surface area contributed by atoms with Crippen molar-refractivity contribution >= 4 is 0 Å². The van der Waals surface area contributed by atoms with E-state index < -0.39 is 0 Å². The molecule has 0 aromatic carbocycles. The van der Waals surface area contributed by atoms with Gasteiger partial charge >= 0.3 is 0 Å². The van der Waals surface area contributed by atoms with Gasteiger partial charge in [-0.15, -0.1) is 0 Å². The number of hydrogen-bond donors (Lipinski definition) is 0. The molecule has 0 unspecified atom stereocenters. The van der Waals surface area contributed by atoms with E-state index >= 15 is 0 Å². The monoisotopic (exact) mass is 198 g/mol. The third kappa shape index (κ3) is 3.97. The van der Waals surface area contributed by atoms with Gasteiger partial charge < -0.3 is 9.80 Å². The van der Waals surface area contributed by atoms with Gasteiger partial charge in [0.1, 0.15) is 0 Å². The topological polar surface area (TPSA) is 6.48 Å². The van der Waals surface area contributed by atoms with Crippen molar-refractivity contribution in [2.75, 3.05) is 33.7 Å². The van der Waals surface area contributed by atoms with Crippen LogP contribution in [0.25, 0.3) is 0 Å². The van der Waals surface area contributed by atoms with Gasteiger partial charge in [-0.3, -0.25) is 0 Å². The van der Waals surface area contributed by atoms with Crippen LogP contribution < -0.4 is 0 Å². The lowest BCUT2D eigenvalue weighted by Gasteiger charge is -2.35. The van der Waals surface area contributed by atoms with Gasteiger partial charge in [0.2, 0.25) is 0 Å². The van der Waals surface area contributed by atoms with E-state index in [-0.39, 0.29) is 0 Å². The molecular formula is C12H26N2. The largest absolute Gasteiger partial charge is 0.306 e. The molecule has 84 valence electrons. The van der Waals surface area contributed by atoms with E-state index in [4.69, 9.17) is 0 Å². The lowest BCUT2D eigenvalue weighted by Crippen LogP contribution is -2.42. The van der Waals surface area contributed by atoms with Crippen LogP contribution in [0.3, 0.4) is 0 Å². The molecule has 0 aromatic rings. The van der Waals surface area contributed by atoms with E-state index in [2.05, 4.69) is 37.7 Å². The maximum atomic E-state index is 2.56. The number of likely N-dealkylation sites (tertiary alicyclic amines) is 1. The first-order valence-electron chi connectivity index (χ1n) is 5.98. The Hall–Kier alpha value is -0.0800. The summed E-state index contributed by atoms with van der Waals surface area (Å²) in [5, 5.41) is 0. The highest BCUT2D eigenvalue weighted by Gasteiger charge is 2.19. The Labute approximate surface area is 89.3 Å². The zero-order valence-corrected chi connectivity index (χ0v) is 10.3. The maximum Gasteiger partial charge on any atom is 0.0117 e. The first-order valence-corrected chi connectivity index (χ1v) is 5.98. The number of piperidine rings is 1. The molecule has 0 bridgehead atoms. The fraction of sp³-hybridized carbons (Fsp3) is 1.00. The van der Waals surface area contributed by atoms with Crippen molar-refractivity contribution in [2.24, 2.45) is 5.92 Å². The molecule has 1 heterocycles. The molecule has 1 rings (SSSR count). The molecule has 0 spiro atoms. The molecule has 0 amide bonds. The van der Waals surface area contributed by atoms with Crippen molar-refractivity contribution < 1.29 is 0 Å². The van der Waals surface area contributed by atoms with Crippen LogP contribution in [0.4, 0.5) is 0 Å². The third-order valence-corrected chi connectivity index (χ3v) is 3.37. The van der Waals surface area contributed by atoms with Crippen molar-refractivity contribution in [3.05, 3.63) is 0 Å². The fourth-order valence-electron chi connectivity index (χ4n) is 2.08. The maximum absolute atomic E-state index is 2.56. The zero-order chi connectivity index (χ0) is 10.6. The molecule has 0 N–H and O–H groups in total. The molecule has 1 saturated heterocycles. The van der Waals surface area contributed by atoms with Crippen molar-refractivity contribution in [1.29, 1.82) is 0 Å². The Bertz CT molecular complexity index is 148. The first-order chi connectivity index (χ1) is 6.59. The molecule has 0 radical (unpaired) electrons. The summed E-state index contributed by atoms with van der Waals surface area (Å²) < 4.78 is 0. The second-order valence-corrected chi connectivity index (χ2v) is 5.20. The Kier molecular flexibility index (Phi) is 4.90. The van der Waals surface area contributed by atoms with Gasteiger partial charge in [0, 0.05) is 6.04 Å². The van der Waals surface area contributed by atoms with E-state index in [1.165, 1.54) is 38.9 Å². The molecule has 0 aliphatic carbocycles. The molecule has 1 fully saturated rings. The quantitative estimate of drug-likeness (QED) is 0.682. The van der Waals surface area contributed by atoms with Crippen molar-refractivity contribution in [3.63, 3.8) is 0 Å². The minimum absolute atomic E-state index is 0.837. The Morgan fingerprint density at radius 2 is 1.86 bits per heavy atom. The molecule has 0 saturated carbocycles. The van der Waals surface area contributed by atoms with Crippen LogP contribution in [0, 0.1) is 5.92 Å². The molecule has 0 atom stereocenters. The summed E-state index contributed by atoms with van der Waals surface area (Å²) in [6.45, 7) is 8.43. The minimum Gasteiger partial charge on any atom is -0.306 e. The minimum atomic E-state index is 0.837. The number of hydrogen-bond acceptors (Lipinski definition) is 2. The van der Waals surface area contributed by atoms with Crippen LogP contribution in [-0.4, -0.2) is 49.6 Å². The first kappa shape index (κ1) is 12.0. The van der Waals surface area contributed by atoms with Crippen molar-refractivity contribution in [3.8, 4) is 0 Å². The second-order valence-electron chi connectivity index (χ2n) is 5.20. The van der Waals surface area contributed by atoms with Crippen LogP contribution >= 0.6 is 0 Å². The zero-order valence-electron chi connectivity index (χ0n) is 10.3. The molecule has 1 aliphatic rings. The lowest BCUT2D eigenvalue weighted by molar-refractivity contribution is 0.140. The predicted molar refractivity (Wildman–Crippen MR) is 62.6 cm³/mol. The van der Waals surface area contributed by atoms with Crippen LogP contribution in [0.1, 0.15) is 33.1 Å². The highest BCUT2D eigenvalue weighted by atomic mass is 15.2. The van der Waals surface area contributed by atoms with Gasteiger partial charge in [-0.05, 0) is 58.9 Å². The summed E-state index contributed by atoms with van der Waals surface area (Å²) >= 11 is 0. The average Bonchev–Trinajstić information content (AvgIpc) is 2.15. The van der Waals surface area contributed by atoms with Crippen LogP contribution in [0.2, 0.25) is 0 Å². The molecule has 0 aromatic heterocycles. The SMILES string of the molecule is CC(C)CCN(C)C1CCN(C)CC1. The van der Waals surface area contributed by atoms with Gasteiger partial charge in [-0.25, -0.2) is 0 Å². The number of nitrogens with zero attached hydrogens (tertiary/aromatic N) is 2. The Morgan fingerprint density at radius 3 is 2.36 bits per heavy atom. The number of rotatable bonds is 4. The van der Waals surface area contributed by atoms with Crippen LogP contribution in [-0.2, 0) is 0 Å². The van der Waals surface area contributed by atoms with Gasteiger partial charge in [0.05, 0.1) is 0 Å². The van der Waals surface area contributed by atoms with E-state index in [1.807, 2.05) is 0 Å². The van der Waals surface area contributed by atoms with E-state index in [9.17, 15) is 0 Å². The smallest absolute Gasteiger partial charge is 0.0117 e. The Morgan fingerprint density at radius 1 is 1.29 bits per heavy atom. The second kappa shape index (κ2) is 5.72. The van der Waals surface area contributed by atoms with Crippen molar-refractivity contribution in [2.45, 2.75) is 39.2 Å². The van der Waals surface area contributed by atoms with Gasteiger partial charge in [0.15, 0.2) is 0 Å². The molecular weight excluding hydrogens is 172 g/mol. The third-order valence-electron chi connectivity index (χ3n) is 3.37. The van der Waals surface area contributed by atoms with E-state index in [1.54, 1.807) is 0 Å². The summed E-state index contributed by atoms with van der Waals surface area (Å²) in [6, 6.07) is 0.838. The van der Waals surface area contributed by atoms with Gasteiger partial charge in [-0.2, -0.15) is 0 Å². The van der Waals surface area contributed by atoms with Crippen LogP contribution in [0.15, 0.2) is 0 Å². The van der Waals surface area contributed by atoms with E-state index in [0.29, 0.717) is 0 Å². The standard InChI is InChI=1S/C12H26N2/c1-11(2)5-10-14(4)12-6-8-13(3)9-7-12/h11-12H,5-10H2,1-4H3. The van der Waals surface area contributed by atoms with Crippen LogP contribution in [0.5, 0.6) is 0 Å². The fourth-order valence-corrected chi connectivity index (χ4v) is 2.08. The summed E-state index contributed by atoms with van der Waals surface area (Å²) in [5.41, 5.74) is 0. The molecule has 2 heteroatoms. The lowest BCUT2D eigenvalue weighted by atomic mass is 10.0. The highest BCUT2D eigenvalue weighted by molar-refractivity contribution is 4.76. The summed E-state index contributed by atoms with van der Waals surface area (Å²) in [4.78, 5) is 5.00. The average molecular weight is 198 g/mol. The Balaban J connectivity index is 2.20. The molecule has 2 nitrogen and oxygen atoms in total. The molecule has 14 heavy (non-hydrogen) atoms.